The third-order valence-corrected chi connectivity index (χ3v) is 7.71. The van der Waals surface area contributed by atoms with E-state index in [1.165, 1.54) is 28.4 Å². The predicted octanol–water partition coefficient (Wildman–Crippen LogP) is 5.35. The molecule has 1 fully saturated rings. The van der Waals surface area contributed by atoms with Crippen LogP contribution < -0.4 is 14.4 Å². The Hall–Kier alpha value is -4.37. The van der Waals surface area contributed by atoms with Gasteiger partial charge in [-0.2, -0.15) is 0 Å². The van der Waals surface area contributed by atoms with Gasteiger partial charge in [0.05, 0.1) is 28.4 Å². The number of phenolic OH excluding ortho intramolecular Hbond substituents is 1. The van der Waals surface area contributed by atoms with Crippen LogP contribution in [0.3, 0.4) is 0 Å². The summed E-state index contributed by atoms with van der Waals surface area (Å²) in [5.74, 6) is -0.396. The number of hydrogen-bond acceptors (Lipinski definition) is 8. The maximum Gasteiger partial charge on any atom is 0.301 e. The van der Waals surface area contributed by atoms with E-state index in [9.17, 15) is 19.8 Å². The molecule has 3 heterocycles. The molecule has 6 rings (SSSR count). The Bertz CT molecular complexity index is 1620. The normalized spacial score (nSPS) is 20.1. The maximum absolute atomic E-state index is 13.5. The van der Waals surface area contributed by atoms with Crippen molar-refractivity contribution in [1.82, 2.24) is 4.98 Å². The molecule has 38 heavy (non-hydrogen) atoms. The average molecular weight is 529 g/mol. The number of hydrogen-bond donors (Lipinski definition) is 2. The largest absolute Gasteiger partial charge is 0.508 e. The summed E-state index contributed by atoms with van der Waals surface area (Å²) in [4.78, 5) is 32.9. The van der Waals surface area contributed by atoms with Crippen LogP contribution in [0.5, 0.6) is 17.2 Å². The van der Waals surface area contributed by atoms with Gasteiger partial charge < -0.3 is 19.7 Å². The zero-order valence-corrected chi connectivity index (χ0v) is 21.5. The second-order valence-electron chi connectivity index (χ2n) is 9.27. The number of fused-ring (bicyclic) bond motifs is 2. The van der Waals surface area contributed by atoms with Crippen LogP contribution in [-0.2, 0) is 16.0 Å². The molecular formula is C29H24N2O6S. The summed E-state index contributed by atoms with van der Waals surface area (Å²) in [6.45, 7) is 4.37. The first kappa shape index (κ1) is 24.0. The van der Waals surface area contributed by atoms with Crippen LogP contribution >= 0.6 is 11.3 Å². The maximum atomic E-state index is 13.5. The highest BCUT2D eigenvalue weighted by Crippen LogP contribution is 2.45. The number of nitrogens with zero attached hydrogens (tertiary/aromatic N) is 2. The number of ether oxygens (including phenoxy) is 2. The van der Waals surface area contributed by atoms with Crippen LogP contribution in [0.15, 0.2) is 66.2 Å². The third kappa shape index (κ3) is 3.95. The first-order valence-electron chi connectivity index (χ1n) is 12.3. The van der Waals surface area contributed by atoms with Gasteiger partial charge in [-0.15, -0.1) is 0 Å². The van der Waals surface area contributed by atoms with Crippen molar-refractivity contribution in [2.24, 2.45) is 0 Å². The van der Waals surface area contributed by atoms with Gasteiger partial charge in [0.1, 0.15) is 29.1 Å². The molecular weight excluding hydrogens is 504 g/mol. The Morgan fingerprint density at radius 2 is 1.92 bits per heavy atom. The van der Waals surface area contributed by atoms with Gasteiger partial charge in [-0.25, -0.2) is 4.98 Å². The fourth-order valence-corrected chi connectivity index (χ4v) is 6.00. The standard InChI is InChI=1S/C29H24N2O6S/c1-3-36-20-9-10-21-23(14-20)38-29(30-21)31-25(16-4-7-19(32)8-5-16)24(27(34)28(31)35)26(33)17-6-11-22-18(13-17)12-15(2)37-22/h4-11,13-15,25,32-33H,3,12H2,1-2H3/t15-,25+/m1/s1. The molecule has 0 radical (unpaired) electrons. The van der Waals surface area contributed by atoms with Crippen molar-refractivity contribution in [2.75, 3.05) is 11.5 Å². The minimum atomic E-state index is -0.939. The topological polar surface area (TPSA) is 109 Å². The fraction of sp³-hybridized carbons (Fsp3) is 0.207. The lowest BCUT2D eigenvalue weighted by Crippen LogP contribution is -2.29. The van der Waals surface area contributed by atoms with Crippen molar-refractivity contribution in [3.05, 3.63) is 82.9 Å². The van der Waals surface area contributed by atoms with Crippen LogP contribution in [0, 0.1) is 0 Å². The van der Waals surface area contributed by atoms with Gasteiger partial charge in [-0.3, -0.25) is 14.5 Å². The number of aliphatic hydroxyl groups excluding tert-OH is 1. The highest BCUT2D eigenvalue weighted by molar-refractivity contribution is 7.22. The third-order valence-electron chi connectivity index (χ3n) is 6.69. The molecule has 192 valence electrons. The number of Topliss-reactive ketones (excluding diaryl/α,β-unsaturated/α-hetero) is 1. The Morgan fingerprint density at radius 3 is 2.68 bits per heavy atom. The van der Waals surface area contributed by atoms with Crippen molar-refractivity contribution >= 4 is 44.1 Å². The van der Waals surface area contributed by atoms with Crippen LogP contribution in [0.25, 0.3) is 16.0 Å². The lowest BCUT2D eigenvalue weighted by Gasteiger charge is -2.23. The lowest BCUT2D eigenvalue weighted by molar-refractivity contribution is -0.132. The molecule has 1 saturated heterocycles. The molecule has 2 atom stereocenters. The van der Waals surface area contributed by atoms with Crippen LogP contribution in [0.2, 0.25) is 0 Å². The highest BCUT2D eigenvalue weighted by atomic mass is 32.1. The summed E-state index contributed by atoms with van der Waals surface area (Å²) < 4.78 is 12.2. The van der Waals surface area contributed by atoms with Crippen LogP contribution in [0.1, 0.15) is 36.6 Å². The molecule has 0 spiro atoms. The minimum absolute atomic E-state index is 0.0206. The number of aromatic hydroxyl groups is 1. The molecule has 3 aromatic carbocycles. The molecule has 1 amide bonds. The SMILES string of the molecule is CCOc1ccc2nc(N3C(=O)C(=O)C(=C(O)c4ccc5c(c4)C[C@@H](C)O5)[C@@H]3c3ccc(O)cc3)sc2c1. The van der Waals surface area contributed by atoms with E-state index in [2.05, 4.69) is 4.98 Å². The Balaban J connectivity index is 1.50. The van der Waals surface area contributed by atoms with E-state index in [1.54, 1.807) is 42.5 Å². The lowest BCUT2D eigenvalue weighted by atomic mass is 9.94. The molecule has 8 nitrogen and oxygen atoms in total. The molecule has 2 aliphatic rings. The van der Waals surface area contributed by atoms with Crippen LogP contribution in [0.4, 0.5) is 5.13 Å². The van der Waals surface area contributed by atoms with E-state index >= 15 is 0 Å². The van der Waals surface area contributed by atoms with Crippen molar-refractivity contribution in [3.63, 3.8) is 0 Å². The average Bonchev–Trinajstić information content (AvgIpc) is 3.56. The fourth-order valence-electron chi connectivity index (χ4n) is 4.98. The zero-order valence-electron chi connectivity index (χ0n) is 20.7. The van der Waals surface area contributed by atoms with Gasteiger partial charge >= 0.3 is 5.91 Å². The summed E-state index contributed by atoms with van der Waals surface area (Å²) in [6.07, 6.45) is 0.703. The van der Waals surface area contributed by atoms with Gasteiger partial charge in [-0.1, -0.05) is 23.5 Å². The number of aliphatic hydroxyl groups is 1. The second-order valence-corrected chi connectivity index (χ2v) is 10.3. The molecule has 0 saturated carbocycles. The van der Waals surface area contributed by atoms with E-state index in [4.69, 9.17) is 9.47 Å². The number of benzene rings is 3. The Morgan fingerprint density at radius 1 is 1.13 bits per heavy atom. The predicted molar refractivity (Wildman–Crippen MR) is 144 cm³/mol. The summed E-state index contributed by atoms with van der Waals surface area (Å²) in [7, 11) is 0. The first-order chi connectivity index (χ1) is 18.3. The summed E-state index contributed by atoms with van der Waals surface area (Å²) >= 11 is 1.26. The van der Waals surface area contributed by atoms with E-state index in [1.807, 2.05) is 19.9 Å². The van der Waals surface area contributed by atoms with E-state index in [0.717, 1.165) is 16.0 Å². The summed E-state index contributed by atoms with van der Waals surface area (Å²) in [6, 6.07) is 16.0. The van der Waals surface area contributed by atoms with Crippen molar-refractivity contribution in [2.45, 2.75) is 32.4 Å². The van der Waals surface area contributed by atoms with Gasteiger partial charge in [0.15, 0.2) is 5.13 Å². The molecule has 0 aliphatic carbocycles. The highest BCUT2D eigenvalue weighted by Gasteiger charge is 2.48. The quantitative estimate of drug-likeness (QED) is 0.204. The monoisotopic (exact) mass is 528 g/mol. The number of phenols is 1. The van der Waals surface area contributed by atoms with Crippen LogP contribution in [-0.4, -0.2) is 39.6 Å². The van der Waals surface area contributed by atoms with Crippen molar-refractivity contribution in [1.29, 1.82) is 0 Å². The molecule has 4 aromatic rings. The van der Waals surface area contributed by atoms with Gasteiger partial charge in [0.2, 0.25) is 0 Å². The Kier molecular flexibility index (Phi) is 5.80. The molecule has 2 N–H and O–H groups in total. The molecule has 0 bridgehead atoms. The summed E-state index contributed by atoms with van der Waals surface area (Å²) in [5.41, 5.74) is 2.52. The van der Waals surface area contributed by atoms with Crippen molar-refractivity contribution in [3.8, 4) is 17.2 Å². The first-order valence-corrected chi connectivity index (χ1v) is 13.1. The minimum Gasteiger partial charge on any atom is -0.508 e. The number of carbonyl (C=O) groups is 2. The number of ketones is 1. The molecule has 9 heteroatoms. The van der Waals surface area contributed by atoms with E-state index in [0.29, 0.717) is 40.6 Å². The van der Waals surface area contributed by atoms with E-state index < -0.39 is 17.7 Å². The smallest absolute Gasteiger partial charge is 0.301 e. The Labute approximate surface area is 222 Å². The number of carbonyl (C=O) groups excluding carboxylic acids is 2. The number of anilines is 1. The second kappa shape index (κ2) is 9.18. The number of amides is 1. The number of thiazole rings is 1. The van der Waals surface area contributed by atoms with Crippen molar-refractivity contribution < 1.29 is 29.3 Å². The number of aromatic nitrogens is 1. The molecule has 1 aromatic heterocycles. The summed E-state index contributed by atoms with van der Waals surface area (Å²) in [5, 5.41) is 21.6. The van der Waals surface area contributed by atoms with Gasteiger partial charge in [-0.05, 0) is 73.5 Å². The zero-order chi connectivity index (χ0) is 26.6. The van der Waals surface area contributed by atoms with Gasteiger partial charge in [0.25, 0.3) is 5.78 Å². The van der Waals surface area contributed by atoms with Gasteiger partial charge in [0, 0.05) is 12.0 Å². The van der Waals surface area contributed by atoms with E-state index in [-0.39, 0.29) is 23.2 Å². The number of rotatable bonds is 5. The molecule has 0 unspecified atom stereocenters. The molecule has 2 aliphatic heterocycles.